The minimum Gasteiger partial charge on any atom is -0.370 e. The zero-order valence-electron chi connectivity index (χ0n) is 9.66. The molecule has 0 spiro atoms. The van der Waals surface area contributed by atoms with Crippen molar-refractivity contribution < 1.29 is 0 Å². The molecule has 3 heteroatoms. The van der Waals surface area contributed by atoms with Crippen LogP contribution in [0.5, 0.6) is 0 Å². The molecule has 0 radical (unpaired) electrons. The Bertz CT molecular complexity index is 197. The lowest BCUT2D eigenvalue weighted by Crippen LogP contribution is -2.40. The van der Waals surface area contributed by atoms with Crippen molar-refractivity contribution >= 4 is 5.96 Å². The summed E-state index contributed by atoms with van der Waals surface area (Å²) in [7, 11) is 0. The Kier molecular flexibility index (Phi) is 4.23. The van der Waals surface area contributed by atoms with Crippen molar-refractivity contribution in [1.29, 1.82) is 0 Å². The van der Waals surface area contributed by atoms with Crippen LogP contribution in [0.2, 0.25) is 0 Å². The van der Waals surface area contributed by atoms with Crippen LogP contribution in [-0.2, 0) is 0 Å². The van der Waals surface area contributed by atoms with Gasteiger partial charge in [0.1, 0.15) is 0 Å². The van der Waals surface area contributed by atoms with Crippen LogP contribution in [0.15, 0.2) is 4.99 Å². The number of hydrogen-bond donors (Lipinski definition) is 1. The van der Waals surface area contributed by atoms with Crippen molar-refractivity contribution in [3.05, 3.63) is 0 Å². The third-order valence-corrected chi connectivity index (χ3v) is 2.80. The molecule has 1 rings (SSSR count). The third kappa shape index (κ3) is 3.56. The van der Waals surface area contributed by atoms with Gasteiger partial charge in [-0.05, 0) is 25.7 Å². The van der Waals surface area contributed by atoms with Gasteiger partial charge in [0.15, 0.2) is 5.96 Å². The second-order valence-electron chi connectivity index (χ2n) is 4.27. The Hall–Kier alpha value is -0.730. The maximum Gasteiger partial charge on any atom is 0.191 e. The largest absolute Gasteiger partial charge is 0.370 e. The molecule has 0 aliphatic heterocycles. The molecule has 0 aromatic carbocycles. The molecular weight excluding hydrogens is 174 g/mol. The summed E-state index contributed by atoms with van der Waals surface area (Å²) < 4.78 is 0. The van der Waals surface area contributed by atoms with Crippen LogP contribution in [0.25, 0.3) is 0 Å². The number of hydrogen-bond acceptors (Lipinski definition) is 1. The van der Waals surface area contributed by atoms with Gasteiger partial charge < -0.3 is 10.6 Å². The Balaban J connectivity index is 2.42. The fourth-order valence-corrected chi connectivity index (χ4v) is 1.36. The van der Waals surface area contributed by atoms with Crippen molar-refractivity contribution in [1.82, 2.24) is 4.90 Å². The standard InChI is InChI=1S/C11H23N3/c1-4-9(3)8-14(5-2)11(12)13-10-6-7-10/h9-10H,4-8H2,1-3H3,(H2,12,13). The summed E-state index contributed by atoms with van der Waals surface area (Å²) in [6.07, 6.45) is 3.65. The van der Waals surface area contributed by atoms with Gasteiger partial charge in [-0.25, -0.2) is 4.99 Å². The zero-order valence-corrected chi connectivity index (χ0v) is 9.66. The van der Waals surface area contributed by atoms with Crippen molar-refractivity contribution in [2.24, 2.45) is 16.6 Å². The van der Waals surface area contributed by atoms with Gasteiger partial charge in [-0.1, -0.05) is 20.3 Å². The lowest BCUT2D eigenvalue weighted by Gasteiger charge is -2.24. The molecule has 1 fully saturated rings. The Labute approximate surface area is 87.4 Å². The van der Waals surface area contributed by atoms with Crippen molar-refractivity contribution in [2.45, 2.75) is 46.1 Å². The van der Waals surface area contributed by atoms with E-state index >= 15 is 0 Å². The highest BCUT2D eigenvalue weighted by Gasteiger charge is 2.21. The molecule has 1 aliphatic carbocycles. The minimum atomic E-state index is 0.529. The highest BCUT2D eigenvalue weighted by molar-refractivity contribution is 5.78. The van der Waals surface area contributed by atoms with Gasteiger partial charge in [-0.15, -0.1) is 0 Å². The maximum absolute atomic E-state index is 5.95. The van der Waals surface area contributed by atoms with Crippen molar-refractivity contribution in [3.8, 4) is 0 Å². The van der Waals surface area contributed by atoms with E-state index < -0.39 is 0 Å². The first-order valence-corrected chi connectivity index (χ1v) is 5.75. The molecule has 1 unspecified atom stereocenters. The average Bonchev–Trinajstić information content (AvgIpc) is 2.97. The van der Waals surface area contributed by atoms with E-state index in [4.69, 9.17) is 5.73 Å². The highest BCUT2D eigenvalue weighted by atomic mass is 15.3. The first-order chi connectivity index (χ1) is 6.67. The van der Waals surface area contributed by atoms with E-state index in [0.717, 1.165) is 19.0 Å². The molecule has 0 bridgehead atoms. The van der Waals surface area contributed by atoms with Crippen LogP contribution in [0, 0.1) is 5.92 Å². The second-order valence-corrected chi connectivity index (χ2v) is 4.27. The molecule has 1 atom stereocenters. The van der Waals surface area contributed by atoms with Gasteiger partial charge in [-0.3, -0.25) is 0 Å². The van der Waals surface area contributed by atoms with Crippen LogP contribution < -0.4 is 5.73 Å². The third-order valence-electron chi connectivity index (χ3n) is 2.80. The zero-order chi connectivity index (χ0) is 10.6. The van der Waals surface area contributed by atoms with E-state index in [1.165, 1.54) is 19.3 Å². The van der Waals surface area contributed by atoms with Crippen LogP contribution in [0.3, 0.4) is 0 Å². The molecule has 0 amide bonds. The van der Waals surface area contributed by atoms with Crippen LogP contribution in [-0.4, -0.2) is 30.0 Å². The van der Waals surface area contributed by atoms with Gasteiger partial charge in [0, 0.05) is 13.1 Å². The number of nitrogens with zero attached hydrogens (tertiary/aromatic N) is 2. The van der Waals surface area contributed by atoms with Crippen molar-refractivity contribution in [3.63, 3.8) is 0 Å². The fourth-order valence-electron chi connectivity index (χ4n) is 1.36. The molecule has 3 nitrogen and oxygen atoms in total. The minimum absolute atomic E-state index is 0.529. The van der Waals surface area contributed by atoms with Gasteiger partial charge in [0.25, 0.3) is 0 Å². The Morgan fingerprint density at radius 3 is 2.57 bits per heavy atom. The predicted molar refractivity (Wildman–Crippen MR) is 61.3 cm³/mol. The molecule has 0 saturated heterocycles. The summed E-state index contributed by atoms with van der Waals surface area (Å²) in [4.78, 5) is 6.65. The summed E-state index contributed by atoms with van der Waals surface area (Å²) in [5.41, 5.74) is 5.95. The molecule has 1 aliphatic rings. The Morgan fingerprint density at radius 2 is 2.14 bits per heavy atom. The average molecular weight is 197 g/mol. The van der Waals surface area contributed by atoms with Gasteiger partial charge in [0.2, 0.25) is 0 Å². The molecule has 82 valence electrons. The van der Waals surface area contributed by atoms with Gasteiger partial charge >= 0.3 is 0 Å². The summed E-state index contributed by atoms with van der Waals surface area (Å²) in [5, 5.41) is 0. The number of nitrogens with two attached hydrogens (primary N) is 1. The quantitative estimate of drug-likeness (QED) is 0.539. The molecule has 0 aromatic rings. The lowest BCUT2D eigenvalue weighted by molar-refractivity contribution is 0.355. The second kappa shape index (κ2) is 5.23. The Morgan fingerprint density at radius 1 is 1.50 bits per heavy atom. The van der Waals surface area contributed by atoms with E-state index in [-0.39, 0.29) is 0 Å². The highest BCUT2D eigenvalue weighted by Crippen LogP contribution is 2.23. The van der Waals surface area contributed by atoms with E-state index in [1.807, 2.05) is 0 Å². The topological polar surface area (TPSA) is 41.6 Å². The van der Waals surface area contributed by atoms with Gasteiger partial charge in [0.05, 0.1) is 6.04 Å². The van der Waals surface area contributed by atoms with Crippen LogP contribution >= 0.6 is 0 Å². The monoisotopic (exact) mass is 197 g/mol. The van der Waals surface area contributed by atoms with E-state index in [9.17, 15) is 0 Å². The van der Waals surface area contributed by atoms with Crippen molar-refractivity contribution in [2.75, 3.05) is 13.1 Å². The van der Waals surface area contributed by atoms with E-state index in [2.05, 4.69) is 30.7 Å². The number of rotatable bonds is 5. The normalized spacial score (nSPS) is 19.5. The lowest BCUT2D eigenvalue weighted by atomic mass is 10.1. The predicted octanol–water partition coefficient (Wildman–Crippen LogP) is 1.83. The first-order valence-electron chi connectivity index (χ1n) is 5.75. The molecule has 1 saturated carbocycles. The van der Waals surface area contributed by atoms with E-state index in [1.54, 1.807) is 0 Å². The summed E-state index contributed by atoms with van der Waals surface area (Å²) in [5.74, 6) is 1.44. The molecule has 0 aromatic heterocycles. The molecule has 2 N–H and O–H groups in total. The molecule has 14 heavy (non-hydrogen) atoms. The number of guanidine groups is 1. The van der Waals surface area contributed by atoms with Gasteiger partial charge in [-0.2, -0.15) is 0 Å². The summed E-state index contributed by atoms with van der Waals surface area (Å²) in [6, 6.07) is 0.529. The number of aliphatic imine (C=N–C) groups is 1. The molecular formula is C11H23N3. The SMILES string of the molecule is CCC(C)CN(CC)C(N)=NC1CC1. The van der Waals surface area contributed by atoms with Crippen LogP contribution in [0.1, 0.15) is 40.0 Å². The smallest absolute Gasteiger partial charge is 0.191 e. The summed E-state index contributed by atoms with van der Waals surface area (Å²) >= 11 is 0. The van der Waals surface area contributed by atoms with Crippen LogP contribution in [0.4, 0.5) is 0 Å². The summed E-state index contributed by atoms with van der Waals surface area (Å²) in [6.45, 7) is 8.61. The first kappa shape index (κ1) is 11.3. The maximum atomic E-state index is 5.95. The molecule has 0 heterocycles. The fraction of sp³-hybridized carbons (Fsp3) is 0.909. The van der Waals surface area contributed by atoms with E-state index in [0.29, 0.717) is 12.0 Å².